The largest absolute Gasteiger partial charge is 0.472 e. The van der Waals surface area contributed by atoms with Crippen molar-refractivity contribution < 1.29 is 80.2 Å². The zero-order chi connectivity index (χ0) is 74.1. The van der Waals surface area contributed by atoms with E-state index in [1.807, 2.05) is 0 Å². The average Bonchev–Trinajstić information content (AvgIpc) is 0.944. The number of unbranched alkanes of at least 4 members (excludes halogenated alkanes) is 49. The maximum Gasteiger partial charge on any atom is 0.472 e. The van der Waals surface area contributed by atoms with Crippen LogP contribution in [-0.2, 0) is 65.4 Å². The summed E-state index contributed by atoms with van der Waals surface area (Å²) < 4.78 is 68.6. The second-order valence-electron chi connectivity index (χ2n) is 29.3. The third-order valence-corrected chi connectivity index (χ3v) is 20.6. The van der Waals surface area contributed by atoms with Crippen molar-refractivity contribution in [2.75, 3.05) is 39.6 Å². The molecule has 0 heterocycles. The van der Waals surface area contributed by atoms with Crippen LogP contribution in [0.4, 0.5) is 0 Å². The zero-order valence-electron chi connectivity index (χ0n) is 65.5. The Morgan fingerprint density at radius 1 is 0.307 bits per heavy atom. The van der Waals surface area contributed by atoms with E-state index < -0.39 is 97.5 Å². The fourth-order valence-corrected chi connectivity index (χ4v) is 13.8. The molecule has 17 nitrogen and oxygen atoms in total. The summed E-state index contributed by atoms with van der Waals surface area (Å²) in [5.74, 6) is -1.32. The molecule has 0 rings (SSSR count). The first-order chi connectivity index (χ1) is 49.0. The molecule has 0 aliphatic rings. The van der Waals surface area contributed by atoms with Crippen molar-refractivity contribution >= 4 is 39.5 Å². The van der Waals surface area contributed by atoms with Crippen LogP contribution in [0.5, 0.6) is 0 Å². The molecular formula is C82H156O17P2. The molecular weight excluding hydrogens is 1320 g/mol. The lowest BCUT2D eigenvalue weighted by molar-refractivity contribution is -0.161. The van der Waals surface area contributed by atoms with Gasteiger partial charge in [0, 0.05) is 25.7 Å². The van der Waals surface area contributed by atoms with Crippen LogP contribution >= 0.6 is 15.6 Å². The number of aliphatic hydroxyl groups is 1. The summed E-state index contributed by atoms with van der Waals surface area (Å²) in [6.45, 7) is 7.28. The molecule has 0 fully saturated rings. The van der Waals surface area contributed by atoms with Crippen molar-refractivity contribution in [3.8, 4) is 0 Å². The molecule has 0 aromatic carbocycles. The number of carbonyl (C=O) groups is 4. The number of hydrogen-bond acceptors (Lipinski definition) is 15. The predicted octanol–water partition coefficient (Wildman–Crippen LogP) is 24.4. The number of esters is 4. The minimum atomic E-state index is -4.97. The standard InChI is InChI=1S/C82H156O17P2/c1-6-9-12-15-18-21-23-25-27-30-35-38-42-46-51-56-61-66-80(85)93-72-78(99-82(87)68-63-58-53-48-44-40-36-32-29-28-31-34-37-41-45-49-54-59-64-75(4)5)74-97-101(90,91)95-70-76(83)69-94-100(88,89)96-73-77(71-92-79(84)65-60-55-50-20-17-14-11-8-3)98-81(86)67-62-57-52-47-43-39-33-26-24-22-19-16-13-10-7-2/h22,24,26,33,75-78,83H,6-21,23,25,27-32,34-74H2,1-5H3,(H,88,89)(H,90,91)/b24-22-,33-26-/t76-,77+,78+/m0/s1. The molecule has 3 N–H and O–H groups in total. The zero-order valence-corrected chi connectivity index (χ0v) is 67.3. The van der Waals surface area contributed by atoms with Crippen LogP contribution in [0.1, 0.15) is 413 Å². The molecule has 0 aromatic rings. The van der Waals surface area contributed by atoms with Gasteiger partial charge in [-0.3, -0.25) is 37.3 Å². The highest BCUT2D eigenvalue weighted by atomic mass is 31.2. The maximum atomic E-state index is 13.1. The van der Waals surface area contributed by atoms with E-state index in [1.54, 1.807) is 0 Å². The molecule has 0 aliphatic heterocycles. The van der Waals surface area contributed by atoms with Crippen molar-refractivity contribution in [3.05, 3.63) is 24.3 Å². The third-order valence-electron chi connectivity index (χ3n) is 18.7. The van der Waals surface area contributed by atoms with E-state index in [2.05, 4.69) is 58.9 Å². The van der Waals surface area contributed by atoms with Gasteiger partial charge in [-0.1, -0.05) is 361 Å². The molecule has 0 aliphatic carbocycles. The fraction of sp³-hybridized carbons (Fsp3) is 0.902. The summed E-state index contributed by atoms with van der Waals surface area (Å²) in [7, 11) is -9.93. The van der Waals surface area contributed by atoms with Gasteiger partial charge in [0.25, 0.3) is 0 Å². The minimum Gasteiger partial charge on any atom is -0.462 e. The molecule has 101 heavy (non-hydrogen) atoms. The Morgan fingerprint density at radius 2 is 0.535 bits per heavy atom. The van der Waals surface area contributed by atoms with Crippen LogP contribution in [0.15, 0.2) is 24.3 Å². The number of rotatable bonds is 80. The Bertz CT molecular complexity index is 2020. The molecule has 596 valence electrons. The smallest absolute Gasteiger partial charge is 0.462 e. The minimum absolute atomic E-state index is 0.0853. The second kappa shape index (κ2) is 74.4. The van der Waals surface area contributed by atoms with Crippen LogP contribution in [0, 0.1) is 5.92 Å². The Hall–Kier alpha value is -2.46. The number of hydrogen-bond donors (Lipinski definition) is 3. The summed E-state index contributed by atoms with van der Waals surface area (Å²) in [6.07, 6.45) is 68.9. The van der Waals surface area contributed by atoms with E-state index in [0.29, 0.717) is 25.7 Å². The van der Waals surface area contributed by atoms with Gasteiger partial charge in [0.05, 0.1) is 26.4 Å². The molecule has 0 aromatic heterocycles. The first-order valence-corrected chi connectivity index (χ1v) is 44.9. The number of phosphoric acid groups is 2. The average molecular weight is 1480 g/mol. The number of carbonyl (C=O) groups excluding carboxylic acids is 4. The number of aliphatic hydroxyl groups excluding tert-OH is 1. The van der Waals surface area contributed by atoms with Gasteiger partial charge >= 0.3 is 39.5 Å². The Kier molecular flexibility index (Phi) is 72.6. The van der Waals surface area contributed by atoms with E-state index >= 15 is 0 Å². The quantitative estimate of drug-likeness (QED) is 0.0169. The van der Waals surface area contributed by atoms with E-state index in [9.17, 15) is 43.2 Å². The van der Waals surface area contributed by atoms with Gasteiger partial charge < -0.3 is 33.8 Å². The van der Waals surface area contributed by atoms with Crippen LogP contribution in [-0.4, -0.2) is 96.7 Å². The lowest BCUT2D eigenvalue weighted by atomic mass is 10.0. The summed E-state index contributed by atoms with van der Waals surface area (Å²) in [6, 6.07) is 0. The van der Waals surface area contributed by atoms with Gasteiger partial charge in [-0.25, -0.2) is 9.13 Å². The first kappa shape index (κ1) is 98.5. The topological polar surface area (TPSA) is 237 Å². The normalized spacial score (nSPS) is 14.0. The molecule has 0 saturated heterocycles. The molecule has 0 bridgehead atoms. The second-order valence-corrected chi connectivity index (χ2v) is 32.2. The SMILES string of the molecule is CCCCCC/C=C\C=C/CCCCCCCC(=O)O[C@H](COC(=O)CCCCCCCCCC)COP(=O)(O)OC[C@H](O)COP(=O)(O)OC[C@@H](COC(=O)CCCCCCCCCCCCCCCCCCC)OC(=O)CCCCCCCCCCCCCCCCCCCCC(C)C. The van der Waals surface area contributed by atoms with E-state index in [1.165, 1.54) is 218 Å². The van der Waals surface area contributed by atoms with Crippen LogP contribution in [0.2, 0.25) is 0 Å². The molecule has 5 atom stereocenters. The molecule has 19 heteroatoms. The van der Waals surface area contributed by atoms with Crippen molar-refractivity contribution in [2.24, 2.45) is 5.92 Å². The highest BCUT2D eigenvalue weighted by Gasteiger charge is 2.30. The van der Waals surface area contributed by atoms with Crippen LogP contribution in [0.25, 0.3) is 0 Å². The lowest BCUT2D eigenvalue weighted by Crippen LogP contribution is -2.30. The highest BCUT2D eigenvalue weighted by molar-refractivity contribution is 7.47. The van der Waals surface area contributed by atoms with Crippen LogP contribution < -0.4 is 0 Å². The van der Waals surface area contributed by atoms with Gasteiger partial charge in [0.2, 0.25) is 0 Å². The maximum absolute atomic E-state index is 13.1. The van der Waals surface area contributed by atoms with Gasteiger partial charge in [0.15, 0.2) is 12.2 Å². The van der Waals surface area contributed by atoms with Crippen molar-refractivity contribution in [1.29, 1.82) is 0 Å². The molecule has 0 amide bonds. The monoisotopic (exact) mass is 1480 g/mol. The Morgan fingerprint density at radius 3 is 0.812 bits per heavy atom. The van der Waals surface area contributed by atoms with Crippen molar-refractivity contribution in [2.45, 2.75) is 432 Å². The van der Waals surface area contributed by atoms with E-state index in [-0.39, 0.29) is 25.7 Å². The van der Waals surface area contributed by atoms with Gasteiger partial charge in [-0.05, 0) is 57.3 Å². The Balaban J connectivity index is 5.22. The number of ether oxygens (including phenoxy) is 4. The third kappa shape index (κ3) is 75.6. The summed E-state index contributed by atoms with van der Waals surface area (Å²) in [5.41, 5.74) is 0. The van der Waals surface area contributed by atoms with Gasteiger partial charge in [0.1, 0.15) is 19.3 Å². The predicted molar refractivity (Wildman–Crippen MR) is 414 cm³/mol. The van der Waals surface area contributed by atoms with Crippen molar-refractivity contribution in [3.63, 3.8) is 0 Å². The molecule has 2 unspecified atom stereocenters. The van der Waals surface area contributed by atoms with E-state index in [0.717, 1.165) is 115 Å². The molecule has 0 radical (unpaired) electrons. The van der Waals surface area contributed by atoms with Crippen LogP contribution in [0.3, 0.4) is 0 Å². The first-order valence-electron chi connectivity index (χ1n) is 42.0. The van der Waals surface area contributed by atoms with E-state index in [4.69, 9.17) is 37.0 Å². The fourth-order valence-electron chi connectivity index (χ4n) is 12.2. The number of allylic oxidation sites excluding steroid dienone is 4. The summed E-state index contributed by atoms with van der Waals surface area (Å²) in [4.78, 5) is 72.9. The van der Waals surface area contributed by atoms with Crippen molar-refractivity contribution in [1.82, 2.24) is 0 Å². The Labute approximate surface area is 618 Å². The van der Waals surface area contributed by atoms with Gasteiger partial charge in [-0.2, -0.15) is 0 Å². The lowest BCUT2D eigenvalue weighted by Gasteiger charge is -2.21. The molecule has 0 saturated carbocycles. The summed E-state index contributed by atoms with van der Waals surface area (Å²) in [5, 5.41) is 10.6. The number of phosphoric ester groups is 2. The highest BCUT2D eigenvalue weighted by Crippen LogP contribution is 2.45. The van der Waals surface area contributed by atoms with Gasteiger partial charge in [-0.15, -0.1) is 0 Å². The summed E-state index contributed by atoms with van der Waals surface area (Å²) >= 11 is 0. The molecule has 0 spiro atoms.